The van der Waals surface area contributed by atoms with E-state index < -0.39 is 11.6 Å². The van der Waals surface area contributed by atoms with Crippen LogP contribution in [0.1, 0.15) is 17.9 Å². The maximum absolute atomic E-state index is 13.9. The van der Waals surface area contributed by atoms with E-state index in [9.17, 15) is 8.78 Å². The minimum atomic E-state index is -0.506. The van der Waals surface area contributed by atoms with Crippen LogP contribution in [0.2, 0.25) is 0 Å². The van der Waals surface area contributed by atoms with Gasteiger partial charge in [0.1, 0.15) is 24.1 Å². The summed E-state index contributed by atoms with van der Waals surface area (Å²) in [5, 5.41) is 3.93. The Labute approximate surface area is 112 Å². The van der Waals surface area contributed by atoms with Crippen LogP contribution in [0, 0.1) is 11.6 Å². The molecule has 3 rings (SSSR count). The first kappa shape index (κ1) is 11.9. The van der Waals surface area contributed by atoms with E-state index in [1.54, 1.807) is 0 Å². The molecule has 0 amide bonds. The summed E-state index contributed by atoms with van der Waals surface area (Å²) in [7, 11) is 0. The zero-order chi connectivity index (χ0) is 12.7. The van der Waals surface area contributed by atoms with Gasteiger partial charge in [0.15, 0.2) is 0 Å². The highest BCUT2D eigenvalue weighted by Gasteiger charge is 2.34. The van der Waals surface area contributed by atoms with E-state index >= 15 is 0 Å². The minimum Gasteiger partial charge on any atom is -0.392 e. The number of nitrogens with zero attached hydrogens (tertiary/aromatic N) is 2. The molecule has 0 N–H and O–H groups in total. The molecule has 2 aliphatic rings. The predicted octanol–water partition coefficient (Wildman–Crippen LogP) is 2.86. The van der Waals surface area contributed by atoms with Crippen LogP contribution < -0.4 is 0 Å². The maximum atomic E-state index is 13.9. The second kappa shape index (κ2) is 4.50. The van der Waals surface area contributed by atoms with E-state index in [4.69, 9.17) is 4.84 Å². The van der Waals surface area contributed by atoms with Crippen LogP contribution in [-0.2, 0) is 4.84 Å². The fourth-order valence-electron chi connectivity index (χ4n) is 2.51. The fourth-order valence-corrected chi connectivity index (χ4v) is 2.91. The van der Waals surface area contributed by atoms with Gasteiger partial charge in [0.25, 0.3) is 0 Å². The Morgan fingerprint density at radius 2 is 2.06 bits per heavy atom. The van der Waals surface area contributed by atoms with Gasteiger partial charge >= 0.3 is 0 Å². The van der Waals surface area contributed by atoms with Crippen LogP contribution in [-0.4, -0.2) is 30.4 Å². The molecule has 0 radical (unpaired) electrons. The Bertz CT molecular complexity index is 498. The summed E-state index contributed by atoms with van der Waals surface area (Å²) in [5.74, 6) is -0.423. The summed E-state index contributed by atoms with van der Waals surface area (Å²) < 4.78 is 28.2. The number of halogens is 3. The second-order valence-electron chi connectivity index (χ2n) is 4.47. The summed E-state index contributed by atoms with van der Waals surface area (Å²) in [6.45, 7) is 1.86. The van der Waals surface area contributed by atoms with Gasteiger partial charge in [-0.1, -0.05) is 21.1 Å². The van der Waals surface area contributed by atoms with E-state index in [-0.39, 0.29) is 11.5 Å². The minimum absolute atomic E-state index is 0.148. The number of benzene rings is 1. The van der Waals surface area contributed by atoms with Crippen molar-refractivity contribution in [1.29, 1.82) is 0 Å². The molecule has 3 nitrogen and oxygen atoms in total. The first-order valence-corrected chi connectivity index (χ1v) is 6.52. The van der Waals surface area contributed by atoms with Gasteiger partial charge in [-0.05, 0) is 12.1 Å². The Balaban J connectivity index is 1.93. The SMILES string of the molecule is Fc1cc(Br)cc(F)c1[C@H]1CC2=NOCCN2C1. The standard InChI is InChI=1S/C12H11BrF2N2O/c13-8-4-9(14)12(10(15)5-8)7-3-11-16-18-2-1-17(11)6-7/h4-5,7H,1-3,6H2/t7-/m0/s1. The normalized spacial score (nSPS) is 22.5. The average Bonchev–Trinajstić information content (AvgIpc) is 2.70. The molecule has 0 aliphatic carbocycles. The summed E-state index contributed by atoms with van der Waals surface area (Å²) in [6, 6.07) is 2.60. The van der Waals surface area contributed by atoms with Gasteiger partial charge in [-0.15, -0.1) is 0 Å². The Morgan fingerprint density at radius 1 is 1.33 bits per heavy atom. The summed E-state index contributed by atoms with van der Waals surface area (Å²) >= 11 is 3.08. The molecule has 18 heavy (non-hydrogen) atoms. The van der Waals surface area contributed by atoms with Crippen molar-refractivity contribution in [2.45, 2.75) is 12.3 Å². The van der Waals surface area contributed by atoms with Crippen molar-refractivity contribution in [3.8, 4) is 0 Å². The topological polar surface area (TPSA) is 24.8 Å². The largest absolute Gasteiger partial charge is 0.392 e. The molecule has 1 atom stereocenters. The molecule has 0 spiro atoms. The van der Waals surface area contributed by atoms with Crippen molar-refractivity contribution >= 4 is 21.8 Å². The highest BCUT2D eigenvalue weighted by molar-refractivity contribution is 9.10. The quantitative estimate of drug-likeness (QED) is 0.796. The Hall–Kier alpha value is -1.17. The van der Waals surface area contributed by atoms with Gasteiger partial charge in [0.05, 0.1) is 6.54 Å². The van der Waals surface area contributed by atoms with Crippen LogP contribution in [0.5, 0.6) is 0 Å². The molecule has 2 aliphatic heterocycles. The van der Waals surface area contributed by atoms with Crippen LogP contribution in [0.3, 0.4) is 0 Å². The average molecular weight is 317 g/mol. The Morgan fingerprint density at radius 3 is 2.72 bits per heavy atom. The zero-order valence-corrected chi connectivity index (χ0v) is 11.1. The third-order valence-corrected chi connectivity index (χ3v) is 3.77. The van der Waals surface area contributed by atoms with Crippen LogP contribution in [0.25, 0.3) is 0 Å². The van der Waals surface area contributed by atoms with Gasteiger partial charge < -0.3 is 9.74 Å². The number of amidine groups is 1. The summed E-state index contributed by atoms with van der Waals surface area (Å²) in [4.78, 5) is 7.02. The molecule has 0 aromatic heterocycles. The van der Waals surface area contributed by atoms with E-state index in [0.717, 1.165) is 12.4 Å². The van der Waals surface area contributed by atoms with E-state index in [0.29, 0.717) is 24.0 Å². The van der Waals surface area contributed by atoms with Crippen molar-refractivity contribution in [3.05, 3.63) is 33.8 Å². The molecule has 1 fully saturated rings. The molecule has 96 valence electrons. The molecule has 1 aromatic carbocycles. The van der Waals surface area contributed by atoms with E-state index in [1.807, 2.05) is 4.90 Å². The van der Waals surface area contributed by atoms with Gasteiger partial charge in [0.2, 0.25) is 0 Å². The van der Waals surface area contributed by atoms with Gasteiger partial charge in [-0.3, -0.25) is 0 Å². The molecule has 1 aromatic rings. The maximum Gasteiger partial charge on any atom is 0.145 e. The van der Waals surface area contributed by atoms with Crippen molar-refractivity contribution in [2.75, 3.05) is 19.7 Å². The lowest BCUT2D eigenvalue weighted by Crippen LogP contribution is -2.32. The summed E-state index contributed by atoms with van der Waals surface area (Å²) in [6.07, 6.45) is 0.523. The molecule has 1 saturated heterocycles. The number of rotatable bonds is 1. The zero-order valence-electron chi connectivity index (χ0n) is 9.50. The lowest BCUT2D eigenvalue weighted by atomic mass is 9.97. The van der Waals surface area contributed by atoms with Crippen LogP contribution in [0.15, 0.2) is 21.8 Å². The van der Waals surface area contributed by atoms with Crippen molar-refractivity contribution in [3.63, 3.8) is 0 Å². The first-order valence-electron chi connectivity index (χ1n) is 5.73. The van der Waals surface area contributed by atoms with Gasteiger partial charge in [0, 0.05) is 28.9 Å². The molecule has 0 bridgehead atoms. The van der Waals surface area contributed by atoms with E-state index in [2.05, 4.69) is 21.1 Å². The van der Waals surface area contributed by atoms with Crippen LogP contribution >= 0.6 is 15.9 Å². The molecule has 0 saturated carbocycles. The monoisotopic (exact) mass is 316 g/mol. The molecule has 6 heteroatoms. The lowest BCUT2D eigenvalue weighted by molar-refractivity contribution is 0.106. The number of fused-ring (bicyclic) bond motifs is 1. The summed E-state index contributed by atoms with van der Waals surface area (Å²) in [5.41, 5.74) is 0.148. The van der Waals surface area contributed by atoms with Crippen molar-refractivity contribution < 1.29 is 13.6 Å². The van der Waals surface area contributed by atoms with Crippen molar-refractivity contribution in [2.24, 2.45) is 5.16 Å². The van der Waals surface area contributed by atoms with Gasteiger partial charge in [-0.25, -0.2) is 8.78 Å². The second-order valence-corrected chi connectivity index (χ2v) is 5.39. The highest BCUT2D eigenvalue weighted by Crippen LogP contribution is 2.34. The van der Waals surface area contributed by atoms with Crippen LogP contribution in [0.4, 0.5) is 8.78 Å². The van der Waals surface area contributed by atoms with Crippen molar-refractivity contribution in [1.82, 2.24) is 4.90 Å². The third-order valence-electron chi connectivity index (χ3n) is 3.31. The molecular formula is C12H11BrF2N2O. The number of oxime groups is 1. The third kappa shape index (κ3) is 1.98. The smallest absolute Gasteiger partial charge is 0.145 e. The van der Waals surface area contributed by atoms with E-state index in [1.165, 1.54) is 12.1 Å². The highest BCUT2D eigenvalue weighted by atomic mass is 79.9. The molecule has 0 unspecified atom stereocenters. The number of hydrogen-bond donors (Lipinski definition) is 0. The predicted molar refractivity (Wildman–Crippen MR) is 66.4 cm³/mol. The molecule has 2 heterocycles. The first-order chi connectivity index (χ1) is 8.65. The lowest BCUT2D eigenvalue weighted by Gasteiger charge is -2.21. The molecular weight excluding hydrogens is 306 g/mol. The number of hydrogen-bond acceptors (Lipinski definition) is 3. The Kier molecular flexibility index (Phi) is 2.97. The van der Waals surface area contributed by atoms with Gasteiger partial charge in [-0.2, -0.15) is 0 Å². The fraction of sp³-hybridized carbons (Fsp3) is 0.417.